The van der Waals surface area contributed by atoms with Crippen LogP contribution in [0.25, 0.3) is 20.7 Å². The van der Waals surface area contributed by atoms with E-state index in [0.29, 0.717) is 33.2 Å². The molecule has 1 amide bonds. The van der Waals surface area contributed by atoms with Crippen molar-refractivity contribution in [2.24, 2.45) is 0 Å². The molecule has 0 saturated carbocycles. The molecule has 2 aromatic heterocycles. The van der Waals surface area contributed by atoms with Crippen molar-refractivity contribution in [3.63, 3.8) is 0 Å². The van der Waals surface area contributed by atoms with Crippen LogP contribution in [-0.4, -0.2) is 27.0 Å². The molecular formula is C25H21N3O3S2. The SMILES string of the molecule is C=CCn1c(SCC(=O)Nc2cccc(C(C)=O)c2)nc2sc(-c3ccccc3)cc2c1=O. The van der Waals surface area contributed by atoms with Gasteiger partial charge in [0.1, 0.15) is 4.83 Å². The van der Waals surface area contributed by atoms with E-state index in [2.05, 4.69) is 16.9 Å². The van der Waals surface area contributed by atoms with Crippen LogP contribution in [0.3, 0.4) is 0 Å². The van der Waals surface area contributed by atoms with E-state index in [1.165, 1.54) is 34.6 Å². The van der Waals surface area contributed by atoms with E-state index < -0.39 is 0 Å². The first kappa shape index (κ1) is 22.7. The van der Waals surface area contributed by atoms with Gasteiger partial charge in [-0.15, -0.1) is 17.9 Å². The first-order valence-corrected chi connectivity index (χ1v) is 12.0. The Morgan fingerprint density at radius 2 is 1.94 bits per heavy atom. The zero-order valence-corrected chi connectivity index (χ0v) is 19.5. The molecule has 0 unspecified atom stereocenters. The Balaban J connectivity index is 1.58. The fourth-order valence-corrected chi connectivity index (χ4v) is 5.17. The van der Waals surface area contributed by atoms with Crippen LogP contribution in [-0.2, 0) is 11.3 Å². The first-order chi connectivity index (χ1) is 16.0. The van der Waals surface area contributed by atoms with Crippen LogP contribution in [0.1, 0.15) is 17.3 Å². The van der Waals surface area contributed by atoms with Gasteiger partial charge in [-0.25, -0.2) is 4.98 Å². The number of aromatic nitrogens is 2. The highest BCUT2D eigenvalue weighted by molar-refractivity contribution is 7.99. The number of carbonyl (C=O) groups is 2. The van der Waals surface area contributed by atoms with Crippen molar-refractivity contribution in [3.8, 4) is 10.4 Å². The summed E-state index contributed by atoms with van der Waals surface area (Å²) in [6, 6.07) is 18.5. The van der Waals surface area contributed by atoms with Crippen LogP contribution in [0.15, 0.2) is 83.3 Å². The summed E-state index contributed by atoms with van der Waals surface area (Å²) in [4.78, 5) is 43.5. The average Bonchev–Trinajstić information content (AvgIpc) is 3.25. The average molecular weight is 476 g/mol. The zero-order chi connectivity index (χ0) is 23.4. The minimum absolute atomic E-state index is 0.0658. The minimum atomic E-state index is -0.253. The van der Waals surface area contributed by atoms with Crippen molar-refractivity contribution in [1.82, 2.24) is 9.55 Å². The summed E-state index contributed by atoms with van der Waals surface area (Å²) in [5, 5.41) is 3.80. The van der Waals surface area contributed by atoms with E-state index in [4.69, 9.17) is 0 Å². The molecule has 0 spiro atoms. The van der Waals surface area contributed by atoms with Gasteiger partial charge >= 0.3 is 0 Å². The summed E-state index contributed by atoms with van der Waals surface area (Å²) >= 11 is 2.64. The number of thiophene rings is 1. The second-order valence-corrected chi connectivity index (χ2v) is 9.24. The normalized spacial score (nSPS) is 10.8. The van der Waals surface area contributed by atoms with Crippen LogP contribution in [0.2, 0.25) is 0 Å². The molecule has 2 aromatic carbocycles. The molecule has 6 nitrogen and oxygen atoms in total. The number of fused-ring (bicyclic) bond motifs is 1. The smallest absolute Gasteiger partial charge is 0.263 e. The second kappa shape index (κ2) is 9.97. The molecule has 4 rings (SSSR count). The van der Waals surface area contributed by atoms with E-state index in [9.17, 15) is 14.4 Å². The third-order valence-electron chi connectivity index (χ3n) is 4.87. The summed E-state index contributed by atoms with van der Waals surface area (Å²) in [5.74, 6) is -0.260. The number of benzene rings is 2. The number of hydrogen-bond donors (Lipinski definition) is 1. The van der Waals surface area contributed by atoms with Gasteiger partial charge < -0.3 is 5.32 Å². The maximum absolute atomic E-state index is 13.2. The summed E-state index contributed by atoms with van der Waals surface area (Å²) < 4.78 is 1.53. The Morgan fingerprint density at radius 1 is 1.15 bits per heavy atom. The van der Waals surface area contributed by atoms with E-state index in [1.54, 1.807) is 30.3 Å². The van der Waals surface area contributed by atoms with Gasteiger partial charge in [0.25, 0.3) is 5.56 Å². The molecule has 0 bridgehead atoms. The molecule has 4 aromatic rings. The molecule has 0 aliphatic heterocycles. The number of allylic oxidation sites excluding steroid dienone is 1. The van der Waals surface area contributed by atoms with Crippen LogP contribution in [0.4, 0.5) is 5.69 Å². The largest absolute Gasteiger partial charge is 0.325 e. The van der Waals surface area contributed by atoms with Gasteiger partial charge in [0.15, 0.2) is 10.9 Å². The Kier molecular flexibility index (Phi) is 6.86. The van der Waals surface area contributed by atoms with Gasteiger partial charge in [0.05, 0.1) is 11.1 Å². The molecule has 2 heterocycles. The van der Waals surface area contributed by atoms with E-state index in [1.807, 2.05) is 36.4 Å². The minimum Gasteiger partial charge on any atom is -0.325 e. The van der Waals surface area contributed by atoms with Crippen molar-refractivity contribution in [2.75, 3.05) is 11.1 Å². The molecule has 1 N–H and O–H groups in total. The van der Waals surface area contributed by atoms with Gasteiger partial charge in [0, 0.05) is 22.7 Å². The summed E-state index contributed by atoms with van der Waals surface area (Å²) in [7, 11) is 0. The molecule has 166 valence electrons. The Bertz CT molecular complexity index is 1410. The number of Topliss-reactive ketones (excluding diaryl/α,β-unsaturated/α-hetero) is 1. The maximum atomic E-state index is 13.2. The van der Waals surface area contributed by atoms with Crippen LogP contribution in [0, 0.1) is 0 Å². The van der Waals surface area contributed by atoms with Gasteiger partial charge in [-0.3, -0.25) is 19.0 Å². The lowest BCUT2D eigenvalue weighted by molar-refractivity contribution is -0.113. The Morgan fingerprint density at radius 3 is 2.67 bits per heavy atom. The molecule has 0 aliphatic rings. The topological polar surface area (TPSA) is 81.1 Å². The van der Waals surface area contributed by atoms with Crippen molar-refractivity contribution < 1.29 is 9.59 Å². The number of rotatable bonds is 8. The highest BCUT2D eigenvalue weighted by Gasteiger charge is 2.16. The number of hydrogen-bond acceptors (Lipinski definition) is 6. The molecule has 0 radical (unpaired) electrons. The van der Waals surface area contributed by atoms with Crippen LogP contribution in [0.5, 0.6) is 0 Å². The lowest BCUT2D eigenvalue weighted by Crippen LogP contribution is -2.23. The highest BCUT2D eigenvalue weighted by Crippen LogP contribution is 2.32. The second-order valence-electron chi connectivity index (χ2n) is 7.27. The predicted molar refractivity (Wildman–Crippen MR) is 135 cm³/mol. The fraction of sp³-hybridized carbons (Fsp3) is 0.120. The number of nitrogens with zero attached hydrogens (tertiary/aromatic N) is 2. The number of amides is 1. The number of ketones is 1. The summed E-state index contributed by atoms with van der Waals surface area (Å²) in [6.45, 7) is 5.52. The third kappa shape index (κ3) is 5.13. The fourth-order valence-electron chi connectivity index (χ4n) is 3.29. The Hall–Kier alpha value is -3.49. The van der Waals surface area contributed by atoms with E-state index in [-0.39, 0.29) is 23.0 Å². The first-order valence-electron chi connectivity index (χ1n) is 10.2. The quantitative estimate of drug-likeness (QED) is 0.163. The van der Waals surface area contributed by atoms with Gasteiger partial charge in [-0.05, 0) is 30.7 Å². The Labute approximate surface area is 199 Å². The standard InChI is InChI=1S/C25H21N3O3S2/c1-3-12-28-24(31)20-14-21(17-8-5-4-6-9-17)33-23(20)27-25(28)32-15-22(30)26-19-11-7-10-18(13-19)16(2)29/h3-11,13-14H,1,12,15H2,2H3,(H,26,30). The molecule has 33 heavy (non-hydrogen) atoms. The van der Waals surface area contributed by atoms with Crippen molar-refractivity contribution in [3.05, 3.63) is 89.2 Å². The number of thioether (sulfide) groups is 1. The predicted octanol–water partition coefficient (Wildman–Crippen LogP) is 5.24. The monoisotopic (exact) mass is 475 g/mol. The molecule has 0 saturated heterocycles. The molecule has 0 atom stereocenters. The highest BCUT2D eigenvalue weighted by atomic mass is 32.2. The molecular weight excluding hydrogens is 454 g/mol. The van der Waals surface area contributed by atoms with Crippen LogP contribution >= 0.6 is 23.1 Å². The molecule has 8 heteroatoms. The van der Waals surface area contributed by atoms with E-state index in [0.717, 1.165) is 10.4 Å². The van der Waals surface area contributed by atoms with Crippen molar-refractivity contribution >= 4 is 50.7 Å². The van der Waals surface area contributed by atoms with Gasteiger partial charge in [0.2, 0.25) is 5.91 Å². The summed E-state index contributed by atoms with van der Waals surface area (Å²) in [6.07, 6.45) is 1.64. The third-order valence-corrected chi connectivity index (χ3v) is 6.93. The lowest BCUT2D eigenvalue weighted by Gasteiger charge is -2.10. The zero-order valence-electron chi connectivity index (χ0n) is 17.9. The number of carbonyl (C=O) groups excluding carboxylic acids is 2. The molecule has 0 aliphatic carbocycles. The van der Waals surface area contributed by atoms with Crippen LogP contribution < -0.4 is 10.9 Å². The van der Waals surface area contributed by atoms with Gasteiger partial charge in [-0.1, -0.05) is 60.3 Å². The van der Waals surface area contributed by atoms with E-state index >= 15 is 0 Å². The molecule has 0 fully saturated rings. The number of anilines is 1. The maximum Gasteiger partial charge on any atom is 0.263 e. The van der Waals surface area contributed by atoms with Gasteiger partial charge in [-0.2, -0.15) is 0 Å². The lowest BCUT2D eigenvalue weighted by atomic mass is 10.1. The van der Waals surface area contributed by atoms with Crippen molar-refractivity contribution in [2.45, 2.75) is 18.6 Å². The van der Waals surface area contributed by atoms with Crippen molar-refractivity contribution in [1.29, 1.82) is 0 Å². The number of nitrogens with one attached hydrogen (secondary N) is 1. The summed E-state index contributed by atoms with van der Waals surface area (Å²) in [5.41, 5.74) is 1.94.